The summed E-state index contributed by atoms with van der Waals surface area (Å²) in [4.78, 5) is 16.6. The molecule has 2 aromatic carbocycles. The van der Waals surface area contributed by atoms with Gasteiger partial charge in [-0.2, -0.15) is 4.98 Å². The van der Waals surface area contributed by atoms with E-state index in [1.54, 1.807) is 13.0 Å². The molecular weight excluding hydrogens is 345 g/mol. The third-order valence-electron chi connectivity index (χ3n) is 4.29. The van der Waals surface area contributed by atoms with E-state index in [2.05, 4.69) is 36.2 Å². The van der Waals surface area contributed by atoms with Crippen molar-refractivity contribution in [3.63, 3.8) is 0 Å². The molecule has 0 aliphatic heterocycles. The zero-order valence-electron chi connectivity index (χ0n) is 15.8. The second-order valence-electron chi connectivity index (χ2n) is 7.46. The molecule has 1 aromatic heterocycles. The maximum absolute atomic E-state index is 13.7. The van der Waals surface area contributed by atoms with E-state index in [4.69, 9.17) is 4.52 Å². The van der Waals surface area contributed by atoms with Crippen LogP contribution in [0.3, 0.4) is 0 Å². The SMILES string of the molecule is C[C@@H](NC(=O)c1ccccc1F)c1nc(-c2ccc(C(C)(C)C)cc2)no1. The highest BCUT2D eigenvalue weighted by Crippen LogP contribution is 2.25. The number of carbonyl (C=O) groups excluding carboxylic acids is 1. The van der Waals surface area contributed by atoms with Gasteiger partial charge in [0.05, 0.1) is 5.56 Å². The van der Waals surface area contributed by atoms with Gasteiger partial charge in [0.15, 0.2) is 0 Å². The van der Waals surface area contributed by atoms with Crippen LogP contribution in [0.25, 0.3) is 11.4 Å². The van der Waals surface area contributed by atoms with E-state index in [9.17, 15) is 9.18 Å². The first-order chi connectivity index (χ1) is 12.8. The van der Waals surface area contributed by atoms with E-state index in [1.807, 2.05) is 24.3 Å². The lowest BCUT2D eigenvalue weighted by Crippen LogP contribution is -2.27. The highest BCUT2D eigenvalue weighted by Gasteiger charge is 2.20. The molecule has 1 atom stereocenters. The monoisotopic (exact) mass is 367 g/mol. The molecule has 0 bridgehead atoms. The van der Waals surface area contributed by atoms with E-state index < -0.39 is 17.8 Å². The van der Waals surface area contributed by atoms with Crippen LogP contribution in [0.15, 0.2) is 53.1 Å². The number of nitrogens with zero attached hydrogens (tertiary/aromatic N) is 2. The van der Waals surface area contributed by atoms with Crippen LogP contribution in [0.4, 0.5) is 4.39 Å². The Morgan fingerprint density at radius 1 is 1.11 bits per heavy atom. The summed E-state index contributed by atoms with van der Waals surface area (Å²) < 4.78 is 19.0. The van der Waals surface area contributed by atoms with E-state index in [-0.39, 0.29) is 16.9 Å². The molecule has 0 unspecified atom stereocenters. The number of benzene rings is 2. The van der Waals surface area contributed by atoms with Crippen LogP contribution in [0.2, 0.25) is 0 Å². The van der Waals surface area contributed by atoms with E-state index in [0.29, 0.717) is 5.82 Å². The lowest BCUT2D eigenvalue weighted by Gasteiger charge is -2.18. The number of aromatic nitrogens is 2. The second-order valence-corrected chi connectivity index (χ2v) is 7.46. The third-order valence-corrected chi connectivity index (χ3v) is 4.29. The lowest BCUT2D eigenvalue weighted by molar-refractivity contribution is 0.0928. The number of nitrogens with one attached hydrogen (secondary N) is 1. The Hall–Kier alpha value is -3.02. The van der Waals surface area contributed by atoms with Gasteiger partial charge in [0.2, 0.25) is 11.7 Å². The molecule has 27 heavy (non-hydrogen) atoms. The van der Waals surface area contributed by atoms with Crippen LogP contribution in [-0.2, 0) is 5.41 Å². The molecule has 140 valence electrons. The quantitative estimate of drug-likeness (QED) is 0.728. The molecule has 0 spiro atoms. The van der Waals surface area contributed by atoms with Crippen LogP contribution in [0.5, 0.6) is 0 Å². The minimum Gasteiger partial charge on any atom is -0.340 e. The number of carbonyl (C=O) groups is 1. The van der Waals surface area contributed by atoms with Gasteiger partial charge >= 0.3 is 0 Å². The topological polar surface area (TPSA) is 68.0 Å². The molecule has 1 N–H and O–H groups in total. The molecule has 3 rings (SSSR count). The number of hydrogen-bond donors (Lipinski definition) is 1. The maximum atomic E-state index is 13.7. The minimum atomic E-state index is -0.577. The Balaban J connectivity index is 1.73. The van der Waals surface area contributed by atoms with Crippen LogP contribution in [0.1, 0.15) is 55.5 Å². The van der Waals surface area contributed by atoms with Gasteiger partial charge in [0.1, 0.15) is 11.9 Å². The van der Waals surface area contributed by atoms with Crippen LogP contribution < -0.4 is 5.32 Å². The average Bonchev–Trinajstić information content (AvgIpc) is 3.11. The molecule has 0 saturated carbocycles. The normalized spacial score (nSPS) is 12.6. The van der Waals surface area contributed by atoms with Gasteiger partial charge in [-0.1, -0.05) is 62.3 Å². The maximum Gasteiger partial charge on any atom is 0.254 e. The van der Waals surface area contributed by atoms with Crippen molar-refractivity contribution < 1.29 is 13.7 Å². The summed E-state index contributed by atoms with van der Waals surface area (Å²) in [6.45, 7) is 8.15. The predicted molar refractivity (Wildman–Crippen MR) is 101 cm³/mol. The largest absolute Gasteiger partial charge is 0.340 e. The van der Waals surface area contributed by atoms with Crippen molar-refractivity contribution in [1.29, 1.82) is 0 Å². The molecule has 0 fully saturated rings. The summed E-state index contributed by atoms with van der Waals surface area (Å²) in [6, 6.07) is 13.2. The Labute approximate surface area is 157 Å². The van der Waals surface area contributed by atoms with E-state index >= 15 is 0 Å². The van der Waals surface area contributed by atoms with Gasteiger partial charge in [-0.05, 0) is 30.0 Å². The standard InChI is InChI=1S/C21H22FN3O2/c1-13(23-19(26)16-7-5-6-8-17(16)22)20-24-18(25-27-20)14-9-11-15(12-10-14)21(2,3)4/h5-13H,1-4H3,(H,23,26)/t13-/m1/s1. The first-order valence-electron chi connectivity index (χ1n) is 8.75. The molecule has 1 heterocycles. The van der Waals surface area contributed by atoms with Crippen LogP contribution in [-0.4, -0.2) is 16.0 Å². The van der Waals surface area contributed by atoms with Crippen molar-refractivity contribution in [2.24, 2.45) is 0 Å². The van der Waals surface area contributed by atoms with Gasteiger partial charge < -0.3 is 9.84 Å². The fourth-order valence-corrected chi connectivity index (χ4v) is 2.63. The number of rotatable bonds is 4. The first kappa shape index (κ1) is 18.8. The van der Waals surface area contributed by atoms with E-state index in [0.717, 1.165) is 5.56 Å². The molecule has 6 heteroatoms. The van der Waals surface area contributed by atoms with Crippen molar-refractivity contribution in [1.82, 2.24) is 15.5 Å². The summed E-state index contributed by atoms with van der Waals surface area (Å²) in [6.07, 6.45) is 0. The Bertz CT molecular complexity index is 943. The lowest BCUT2D eigenvalue weighted by atomic mass is 9.87. The number of amides is 1. The van der Waals surface area contributed by atoms with Crippen LogP contribution in [0, 0.1) is 5.82 Å². The van der Waals surface area contributed by atoms with E-state index in [1.165, 1.54) is 23.8 Å². The molecular formula is C21H22FN3O2. The van der Waals surface area contributed by atoms with Crippen molar-refractivity contribution >= 4 is 5.91 Å². The first-order valence-corrected chi connectivity index (χ1v) is 8.75. The fourth-order valence-electron chi connectivity index (χ4n) is 2.63. The Morgan fingerprint density at radius 2 is 1.78 bits per heavy atom. The second kappa shape index (κ2) is 7.31. The van der Waals surface area contributed by atoms with Gasteiger partial charge in [-0.25, -0.2) is 4.39 Å². The molecule has 0 saturated heterocycles. The average molecular weight is 367 g/mol. The highest BCUT2D eigenvalue weighted by atomic mass is 19.1. The Kier molecular flexibility index (Phi) is 5.08. The molecule has 5 nitrogen and oxygen atoms in total. The van der Waals surface area contributed by atoms with Crippen molar-refractivity contribution in [3.8, 4) is 11.4 Å². The zero-order chi connectivity index (χ0) is 19.6. The van der Waals surface area contributed by atoms with Crippen molar-refractivity contribution in [2.45, 2.75) is 39.2 Å². The van der Waals surface area contributed by atoms with Gasteiger partial charge in [-0.3, -0.25) is 4.79 Å². The smallest absolute Gasteiger partial charge is 0.254 e. The third kappa shape index (κ3) is 4.22. The summed E-state index contributed by atoms with van der Waals surface area (Å²) in [5.41, 5.74) is 2.07. The zero-order valence-corrected chi connectivity index (χ0v) is 15.8. The molecule has 0 radical (unpaired) electrons. The number of hydrogen-bond acceptors (Lipinski definition) is 4. The van der Waals surface area contributed by atoms with Crippen molar-refractivity contribution in [2.75, 3.05) is 0 Å². The molecule has 3 aromatic rings. The van der Waals surface area contributed by atoms with Gasteiger partial charge in [0, 0.05) is 5.56 Å². The molecule has 0 aliphatic rings. The number of halogens is 1. The van der Waals surface area contributed by atoms with Gasteiger partial charge in [0.25, 0.3) is 5.91 Å². The Morgan fingerprint density at radius 3 is 2.41 bits per heavy atom. The highest BCUT2D eigenvalue weighted by molar-refractivity contribution is 5.94. The summed E-state index contributed by atoms with van der Waals surface area (Å²) in [7, 11) is 0. The van der Waals surface area contributed by atoms with Crippen LogP contribution >= 0.6 is 0 Å². The fraction of sp³-hybridized carbons (Fsp3) is 0.286. The summed E-state index contributed by atoms with van der Waals surface area (Å²) >= 11 is 0. The predicted octanol–water partition coefficient (Wildman–Crippen LogP) is 4.66. The van der Waals surface area contributed by atoms with Gasteiger partial charge in [-0.15, -0.1) is 0 Å². The molecule has 0 aliphatic carbocycles. The van der Waals surface area contributed by atoms with Crippen molar-refractivity contribution in [3.05, 3.63) is 71.4 Å². The summed E-state index contributed by atoms with van der Waals surface area (Å²) in [5, 5.41) is 6.66. The minimum absolute atomic E-state index is 0.0261. The summed E-state index contributed by atoms with van der Waals surface area (Å²) in [5.74, 6) is -0.408. The molecule has 1 amide bonds.